The number of anilines is 1. The minimum atomic E-state index is -3.65. The van der Waals surface area contributed by atoms with Crippen molar-refractivity contribution in [1.82, 2.24) is 19.3 Å². The van der Waals surface area contributed by atoms with E-state index in [-0.39, 0.29) is 12.2 Å². The van der Waals surface area contributed by atoms with Gasteiger partial charge in [-0.25, -0.2) is 22.2 Å². The van der Waals surface area contributed by atoms with Crippen LogP contribution in [-0.2, 0) is 35.0 Å². The zero-order chi connectivity index (χ0) is 32.0. The summed E-state index contributed by atoms with van der Waals surface area (Å²) in [5.41, 5.74) is 10.9. The van der Waals surface area contributed by atoms with Gasteiger partial charge in [-0.05, 0) is 48.4 Å². The van der Waals surface area contributed by atoms with Gasteiger partial charge in [0, 0.05) is 45.1 Å². The second kappa shape index (κ2) is 12.2. The van der Waals surface area contributed by atoms with Crippen LogP contribution in [0.3, 0.4) is 0 Å². The number of sulfonamides is 1. The fourth-order valence-electron chi connectivity index (χ4n) is 5.20. The van der Waals surface area contributed by atoms with Crippen LogP contribution in [0.2, 0.25) is 30.7 Å². The van der Waals surface area contributed by atoms with Gasteiger partial charge in [-0.3, -0.25) is 9.40 Å². The lowest BCUT2D eigenvalue weighted by molar-refractivity contribution is 0.0902. The molecule has 44 heavy (non-hydrogen) atoms. The van der Waals surface area contributed by atoms with Crippen molar-refractivity contribution < 1.29 is 21.9 Å². The maximum Gasteiger partial charge on any atom is 0.231 e. The number of benzene rings is 2. The van der Waals surface area contributed by atoms with Gasteiger partial charge >= 0.3 is 0 Å². The van der Waals surface area contributed by atoms with Gasteiger partial charge in [-0.2, -0.15) is 5.10 Å². The predicted octanol–water partition coefficient (Wildman–Crippen LogP) is 6.45. The number of halogens is 3. The first-order valence-corrected chi connectivity index (χ1v) is 20.0. The molecule has 0 aliphatic heterocycles. The lowest BCUT2D eigenvalue weighted by Gasteiger charge is -2.19. The van der Waals surface area contributed by atoms with Crippen LogP contribution in [0, 0.1) is 11.6 Å². The van der Waals surface area contributed by atoms with Crippen LogP contribution in [0.4, 0.5) is 14.6 Å². The molecule has 0 spiro atoms. The summed E-state index contributed by atoms with van der Waals surface area (Å²) in [6.45, 7) is 7.85. The summed E-state index contributed by atoms with van der Waals surface area (Å²) in [7, 11) is -3.23. The van der Waals surface area contributed by atoms with Crippen LogP contribution < -0.4 is 10.5 Å². The van der Waals surface area contributed by atoms with Crippen molar-refractivity contribution in [2.75, 3.05) is 17.6 Å². The number of aromatic nitrogens is 4. The number of rotatable bonds is 11. The maximum absolute atomic E-state index is 14.0. The summed E-state index contributed by atoms with van der Waals surface area (Å²) >= 11 is 6.59. The Morgan fingerprint density at radius 1 is 1.09 bits per heavy atom. The summed E-state index contributed by atoms with van der Waals surface area (Å²) in [6.07, 6.45) is 3.04. The monoisotopic (exact) mass is 660 g/mol. The van der Waals surface area contributed by atoms with Crippen molar-refractivity contribution in [3.05, 3.63) is 76.6 Å². The standard InChI is InChI=1S/C30H35ClF2N6O3SSi/c1-38-29-21(6-7-23(31)27(29)30(36-38)37-43(2,40)41)22-16-26-25(8-9-39(26)17-42-10-11-44(3,4)5)35-28(22)24(34)14-18-12-19(32)15-20(33)13-18/h6-9,12-13,15-16,24H,10-11,14,17,34H2,1-5H3,(H,36,37). The van der Waals surface area contributed by atoms with Gasteiger partial charge in [-0.15, -0.1) is 0 Å². The highest BCUT2D eigenvalue weighted by Crippen LogP contribution is 2.40. The van der Waals surface area contributed by atoms with Crippen LogP contribution in [-0.4, -0.2) is 48.7 Å². The first-order chi connectivity index (χ1) is 20.6. The second-order valence-corrected chi connectivity index (χ2v) is 20.0. The third-order valence-electron chi connectivity index (χ3n) is 7.25. The number of nitrogens with zero attached hydrogens (tertiary/aromatic N) is 4. The van der Waals surface area contributed by atoms with E-state index in [2.05, 4.69) is 29.5 Å². The topological polar surface area (TPSA) is 117 Å². The molecule has 3 aromatic heterocycles. The van der Waals surface area contributed by atoms with E-state index in [0.29, 0.717) is 57.2 Å². The molecule has 5 rings (SSSR count). The Kier molecular flexibility index (Phi) is 8.89. The van der Waals surface area contributed by atoms with Gasteiger partial charge in [-0.1, -0.05) is 37.3 Å². The molecule has 0 saturated heterocycles. The number of fused-ring (bicyclic) bond motifs is 2. The van der Waals surface area contributed by atoms with E-state index in [0.717, 1.165) is 23.9 Å². The molecular formula is C30H35ClF2N6O3SSi. The van der Waals surface area contributed by atoms with E-state index in [1.807, 2.05) is 22.9 Å². The zero-order valence-corrected chi connectivity index (χ0v) is 27.7. The molecule has 3 heterocycles. The number of nitrogens with two attached hydrogens (primary N) is 1. The Bertz CT molecular complexity index is 1950. The Morgan fingerprint density at radius 3 is 2.45 bits per heavy atom. The van der Waals surface area contributed by atoms with Gasteiger partial charge < -0.3 is 15.0 Å². The first-order valence-electron chi connectivity index (χ1n) is 14.0. The summed E-state index contributed by atoms with van der Waals surface area (Å²) in [6, 6.07) is 10.9. The summed E-state index contributed by atoms with van der Waals surface area (Å²) in [5.74, 6) is -1.30. The molecule has 0 bridgehead atoms. The summed E-state index contributed by atoms with van der Waals surface area (Å²) in [4.78, 5) is 4.95. The van der Waals surface area contributed by atoms with Crippen LogP contribution in [0.5, 0.6) is 0 Å². The Balaban J connectivity index is 1.66. The van der Waals surface area contributed by atoms with Gasteiger partial charge in [0.2, 0.25) is 10.0 Å². The fraction of sp³-hybridized carbons (Fsp3) is 0.333. The molecule has 3 N–H and O–H groups in total. The third kappa shape index (κ3) is 7.13. The van der Waals surface area contributed by atoms with Crippen LogP contribution in [0.15, 0.2) is 48.7 Å². The second-order valence-electron chi connectivity index (χ2n) is 12.2. The average molecular weight is 661 g/mol. The molecule has 0 aliphatic carbocycles. The number of pyridine rings is 1. The van der Waals surface area contributed by atoms with E-state index >= 15 is 0 Å². The van der Waals surface area contributed by atoms with Crippen LogP contribution in [0.25, 0.3) is 33.1 Å². The molecule has 0 amide bonds. The van der Waals surface area contributed by atoms with Gasteiger partial charge in [0.1, 0.15) is 18.4 Å². The number of hydrogen-bond acceptors (Lipinski definition) is 6. The third-order valence-corrected chi connectivity index (χ3v) is 9.83. The maximum atomic E-state index is 14.0. The van der Waals surface area contributed by atoms with Crippen molar-refractivity contribution >= 4 is 57.5 Å². The average Bonchev–Trinajstić information content (AvgIpc) is 3.44. The first kappa shape index (κ1) is 32.0. The fourth-order valence-corrected chi connectivity index (χ4v) is 6.69. The molecule has 0 saturated carbocycles. The van der Waals surface area contributed by atoms with Gasteiger partial charge in [0.05, 0.1) is 45.0 Å². The summed E-state index contributed by atoms with van der Waals surface area (Å²) in [5, 5.41) is 5.12. The van der Waals surface area contributed by atoms with Crippen LogP contribution >= 0.6 is 11.6 Å². The molecule has 0 radical (unpaired) electrons. The van der Waals surface area contributed by atoms with Crippen molar-refractivity contribution in [3.8, 4) is 11.1 Å². The van der Waals surface area contributed by atoms with E-state index in [1.165, 1.54) is 12.1 Å². The lowest BCUT2D eigenvalue weighted by Crippen LogP contribution is -2.22. The van der Waals surface area contributed by atoms with Crippen molar-refractivity contribution in [2.45, 2.75) is 44.9 Å². The highest BCUT2D eigenvalue weighted by Gasteiger charge is 2.24. The number of aryl methyl sites for hydroxylation is 1. The highest BCUT2D eigenvalue weighted by atomic mass is 35.5. The van der Waals surface area contributed by atoms with Gasteiger partial charge in [0.15, 0.2) is 5.82 Å². The zero-order valence-electron chi connectivity index (χ0n) is 25.2. The van der Waals surface area contributed by atoms with Crippen LogP contribution in [0.1, 0.15) is 17.3 Å². The Hall–Kier alpha value is -3.36. The molecule has 0 aliphatic rings. The molecule has 1 atom stereocenters. The molecule has 234 valence electrons. The molecule has 5 aromatic rings. The minimum absolute atomic E-state index is 0.0890. The van der Waals surface area contributed by atoms with Gasteiger partial charge in [0.25, 0.3) is 0 Å². The molecule has 9 nitrogen and oxygen atoms in total. The Labute approximate surface area is 261 Å². The normalized spacial score (nSPS) is 13.2. The smallest absolute Gasteiger partial charge is 0.231 e. The highest BCUT2D eigenvalue weighted by molar-refractivity contribution is 7.92. The lowest BCUT2D eigenvalue weighted by atomic mass is 9.94. The predicted molar refractivity (Wildman–Crippen MR) is 174 cm³/mol. The van der Waals surface area contributed by atoms with Crippen molar-refractivity contribution in [2.24, 2.45) is 12.8 Å². The van der Waals surface area contributed by atoms with E-state index in [9.17, 15) is 17.2 Å². The number of nitrogens with one attached hydrogen (secondary N) is 1. The SMILES string of the molecule is Cn1nc(NS(C)(=O)=O)c2c(Cl)ccc(-c3cc4c(ccn4COCC[Si](C)(C)C)nc3C(N)Cc3cc(F)cc(F)c3)c21. The molecule has 0 fully saturated rings. The van der Waals surface area contributed by atoms with Crippen molar-refractivity contribution in [3.63, 3.8) is 0 Å². The van der Waals surface area contributed by atoms with Crippen molar-refractivity contribution in [1.29, 1.82) is 0 Å². The summed E-state index contributed by atoms with van der Waals surface area (Å²) < 4.78 is 64.2. The molecule has 14 heteroatoms. The molecule has 1 unspecified atom stereocenters. The minimum Gasteiger partial charge on any atom is -0.361 e. The molecule has 2 aromatic carbocycles. The largest absolute Gasteiger partial charge is 0.361 e. The van der Waals surface area contributed by atoms with E-state index in [4.69, 9.17) is 27.1 Å². The number of hydrogen-bond donors (Lipinski definition) is 2. The van der Waals surface area contributed by atoms with E-state index in [1.54, 1.807) is 23.9 Å². The quantitative estimate of drug-likeness (QED) is 0.124. The Morgan fingerprint density at radius 2 is 1.80 bits per heavy atom. The molecular weight excluding hydrogens is 626 g/mol. The number of ether oxygens (including phenoxy) is 1. The van der Waals surface area contributed by atoms with E-state index < -0.39 is 35.8 Å².